The van der Waals surface area contributed by atoms with Crippen LogP contribution >= 0.6 is 0 Å². The number of hydrogen-bond acceptors (Lipinski definition) is 4. The molecule has 21 heavy (non-hydrogen) atoms. The van der Waals surface area contributed by atoms with Crippen molar-refractivity contribution in [2.75, 3.05) is 0 Å². The van der Waals surface area contributed by atoms with E-state index in [0.29, 0.717) is 0 Å². The van der Waals surface area contributed by atoms with Gasteiger partial charge in [0.25, 0.3) is 0 Å². The summed E-state index contributed by atoms with van der Waals surface area (Å²) in [6.07, 6.45) is 0. The summed E-state index contributed by atoms with van der Waals surface area (Å²) < 4.78 is 0. The van der Waals surface area contributed by atoms with Gasteiger partial charge in [-0.15, -0.1) is 0 Å². The lowest BCUT2D eigenvalue weighted by Gasteiger charge is -2.15. The van der Waals surface area contributed by atoms with E-state index in [4.69, 9.17) is 19.8 Å². The number of carboxylic acids is 2. The molecule has 0 aliphatic heterocycles. The Labute approximate surface area is 121 Å². The smallest absolute Gasteiger partial charge is 0.414 e. The van der Waals surface area contributed by atoms with Gasteiger partial charge in [0.2, 0.25) is 0 Å². The number of hydrogen-bond donors (Lipinski definition) is 4. The second-order valence-corrected chi connectivity index (χ2v) is 3.99. The van der Waals surface area contributed by atoms with E-state index < -0.39 is 11.9 Å². The van der Waals surface area contributed by atoms with Crippen LogP contribution in [0.4, 0.5) is 0 Å². The van der Waals surface area contributed by atoms with Crippen LogP contribution in [-0.2, 0) is 9.59 Å². The molecule has 0 aliphatic carbocycles. The van der Waals surface area contributed by atoms with Crippen LogP contribution in [0.5, 0.6) is 0 Å². The SMILES string of the molecule is O=C(O)C(=O)O.ONC(c1ccccc1)c1ccccc1. The quantitative estimate of drug-likeness (QED) is 0.508. The molecule has 0 radical (unpaired) electrons. The van der Waals surface area contributed by atoms with Crippen molar-refractivity contribution in [3.8, 4) is 0 Å². The van der Waals surface area contributed by atoms with E-state index in [1.54, 1.807) is 0 Å². The van der Waals surface area contributed by atoms with Crippen molar-refractivity contribution in [1.29, 1.82) is 0 Å². The molecule has 0 heterocycles. The van der Waals surface area contributed by atoms with Crippen molar-refractivity contribution in [3.63, 3.8) is 0 Å². The zero-order valence-corrected chi connectivity index (χ0v) is 11.0. The van der Waals surface area contributed by atoms with E-state index in [1.807, 2.05) is 60.7 Å². The first-order valence-corrected chi connectivity index (χ1v) is 6.02. The molecule has 0 bridgehead atoms. The Balaban J connectivity index is 0.000000315. The fourth-order valence-electron chi connectivity index (χ4n) is 1.63. The molecule has 2 rings (SSSR count). The highest BCUT2D eigenvalue weighted by Gasteiger charge is 2.11. The number of carbonyl (C=O) groups is 2. The molecular weight excluding hydrogens is 274 g/mol. The molecule has 6 heteroatoms. The Bertz CT molecular complexity index is 520. The molecule has 110 valence electrons. The van der Waals surface area contributed by atoms with Gasteiger partial charge in [-0.3, -0.25) is 0 Å². The topological polar surface area (TPSA) is 107 Å². The second-order valence-electron chi connectivity index (χ2n) is 3.99. The first kappa shape index (κ1) is 16.4. The molecule has 0 amide bonds. The lowest BCUT2D eigenvalue weighted by atomic mass is 10.00. The average Bonchev–Trinajstić information content (AvgIpc) is 2.51. The zero-order chi connectivity index (χ0) is 15.7. The van der Waals surface area contributed by atoms with Gasteiger partial charge in [0.05, 0.1) is 6.04 Å². The van der Waals surface area contributed by atoms with Crippen LogP contribution in [0.2, 0.25) is 0 Å². The molecule has 0 saturated carbocycles. The highest BCUT2D eigenvalue weighted by molar-refractivity contribution is 6.27. The summed E-state index contributed by atoms with van der Waals surface area (Å²) in [5.74, 6) is -3.65. The largest absolute Gasteiger partial charge is 0.473 e. The minimum atomic E-state index is -1.82. The van der Waals surface area contributed by atoms with Gasteiger partial charge in [0, 0.05) is 0 Å². The third kappa shape index (κ3) is 5.43. The van der Waals surface area contributed by atoms with Gasteiger partial charge in [-0.2, -0.15) is 5.48 Å². The fraction of sp³-hybridized carbons (Fsp3) is 0.0667. The number of rotatable bonds is 3. The van der Waals surface area contributed by atoms with E-state index in [1.165, 1.54) is 0 Å². The number of hydroxylamine groups is 1. The first-order chi connectivity index (χ1) is 10.1. The Kier molecular flexibility index (Phi) is 6.59. The molecule has 0 fully saturated rings. The van der Waals surface area contributed by atoms with E-state index in [-0.39, 0.29) is 6.04 Å². The molecule has 0 aromatic heterocycles. The molecule has 0 saturated heterocycles. The Morgan fingerprint density at radius 1 is 0.762 bits per heavy atom. The molecule has 4 N–H and O–H groups in total. The normalized spacial score (nSPS) is 9.62. The third-order valence-electron chi connectivity index (χ3n) is 2.58. The van der Waals surface area contributed by atoms with Crippen LogP contribution in [0.1, 0.15) is 17.2 Å². The Hall–Kier alpha value is -2.70. The van der Waals surface area contributed by atoms with Gasteiger partial charge >= 0.3 is 11.9 Å². The van der Waals surface area contributed by atoms with Crippen LogP contribution in [0.3, 0.4) is 0 Å². The predicted molar refractivity (Wildman–Crippen MR) is 74.9 cm³/mol. The van der Waals surface area contributed by atoms with Crippen molar-refractivity contribution in [1.82, 2.24) is 5.48 Å². The summed E-state index contributed by atoms with van der Waals surface area (Å²) >= 11 is 0. The number of nitrogens with one attached hydrogen (secondary N) is 1. The summed E-state index contributed by atoms with van der Waals surface area (Å²) in [6.45, 7) is 0. The number of carboxylic acid groups (broad SMARTS) is 2. The number of aliphatic carboxylic acids is 2. The fourth-order valence-corrected chi connectivity index (χ4v) is 1.63. The molecule has 0 aliphatic rings. The summed E-state index contributed by atoms with van der Waals surface area (Å²) in [7, 11) is 0. The standard InChI is InChI=1S/C13H13NO.C2H2O4/c15-14-13(11-7-3-1-4-8-11)12-9-5-2-6-10-12;3-1(4)2(5)6/h1-10,13-15H;(H,3,4)(H,5,6). The lowest BCUT2D eigenvalue weighted by molar-refractivity contribution is -0.159. The molecule has 2 aromatic rings. The van der Waals surface area contributed by atoms with Gasteiger partial charge in [-0.05, 0) is 11.1 Å². The third-order valence-corrected chi connectivity index (χ3v) is 2.58. The number of benzene rings is 2. The monoisotopic (exact) mass is 289 g/mol. The lowest BCUT2D eigenvalue weighted by Crippen LogP contribution is -2.17. The predicted octanol–water partition coefficient (Wildman–Crippen LogP) is 1.91. The van der Waals surface area contributed by atoms with Crippen molar-refractivity contribution in [3.05, 3.63) is 71.8 Å². The zero-order valence-electron chi connectivity index (χ0n) is 11.0. The van der Waals surface area contributed by atoms with Gasteiger partial charge in [0.15, 0.2) is 0 Å². The molecule has 0 unspecified atom stereocenters. The Morgan fingerprint density at radius 3 is 1.33 bits per heavy atom. The Morgan fingerprint density at radius 2 is 1.10 bits per heavy atom. The summed E-state index contributed by atoms with van der Waals surface area (Å²) in [6, 6.07) is 19.6. The van der Waals surface area contributed by atoms with Crippen LogP contribution in [-0.4, -0.2) is 27.4 Å². The molecular formula is C15H15NO5. The summed E-state index contributed by atoms with van der Waals surface area (Å²) in [5.41, 5.74) is 4.43. The van der Waals surface area contributed by atoms with Crippen LogP contribution < -0.4 is 5.48 Å². The van der Waals surface area contributed by atoms with Crippen LogP contribution in [0.25, 0.3) is 0 Å². The maximum Gasteiger partial charge on any atom is 0.414 e. The molecule has 0 spiro atoms. The highest BCUT2D eigenvalue weighted by atomic mass is 16.5. The van der Waals surface area contributed by atoms with Crippen molar-refractivity contribution >= 4 is 11.9 Å². The average molecular weight is 289 g/mol. The van der Waals surface area contributed by atoms with Crippen LogP contribution in [0, 0.1) is 0 Å². The van der Waals surface area contributed by atoms with Crippen molar-refractivity contribution in [2.45, 2.75) is 6.04 Å². The van der Waals surface area contributed by atoms with E-state index in [9.17, 15) is 5.21 Å². The maximum atomic E-state index is 9.18. The van der Waals surface area contributed by atoms with Crippen LogP contribution in [0.15, 0.2) is 60.7 Å². The summed E-state index contributed by atoms with van der Waals surface area (Å²) in [4.78, 5) is 18.2. The van der Waals surface area contributed by atoms with Gasteiger partial charge < -0.3 is 15.4 Å². The summed E-state index contributed by atoms with van der Waals surface area (Å²) in [5, 5.41) is 24.0. The van der Waals surface area contributed by atoms with Gasteiger partial charge in [-0.1, -0.05) is 60.7 Å². The minimum absolute atomic E-state index is 0.160. The first-order valence-electron chi connectivity index (χ1n) is 6.02. The van der Waals surface area contributed by atoms with Gasteiger partial charge in [0.1, 0.15) is 0 Å². The van der Waals surface area contributed by atoms with E-state index in [2.05, 4.69) is 5.48 Å². The molecule has 6 nitrogen and oxygen atoms in total. The molecule has 2 aromatic carbocycles. The minimum Gasteiger partial charge on any atom is -0.473 e. The maximum absolute atomic E-state index is 9.18. The van der Waals surface area contributed by atoms with Crippen molar-refractivity contribution < 1.29 is 25.0 Å². The highest BCUT2D eigenvalue weighted by Crippen LogP contribution is 2.20. The van der Waals surface area contributed by atoms with Crippen molar-refractivity contribution in [2.24, 2.45) is 0 Å². The molecule has 0 atom stereocenters. The van der Waals surface area contributed by atoms with E-state index >= 15 is 0 Å². The van der Waals surface area contributed by atoms with Gasteiger partial charge in [-0.25, -0.2) is 9.59 Å². The second kappa shape index (κ2) is 8.47. The van der Waals surface area contributed by atoms with E-state index in [0.717, 1.165) is 11.1 Å².